The van der Waals surface area contributed by atoms with Gasteiger partial charge in [0.1, 0.15) is 17.4 Å². The smallest absolute Gasteiger partial charge is 0.343 e. The van der Waals surface area contributed by atoms with Crippen LogP contribution in [0.4, 0.5) is 5.13 Å². The summed E-state index contributed by atoms with van der Waals surface area (Å²) in [6.07, 6.45) is 2.25. The van der Waals surface area contributed by atoms with Crippen LogP contribution in [-0.4, -0.2) is 51.0 Å². The Labute approximate surface area is 204 Å². The van der Waals surface area contributed by atoms with Gasteiger partial charge in [0.25, 0.3) is 5.91 Å². The molecular weight excluding hydrogens is 496 g/mol. The fraction of sp³-hybridized carbons (Fsp3) is 0.136. The van der Waals surface area contributed by atoms with Crippen LogP contribution in [0, 0.1) is 11.3 Å². The number of nitrogens with one attached hydrogen (secondary N) is 1. The molecule has 0 spiro atoms. The summed E-state index contributed by atoms with van der Waals surface area (Å²) in [5, 5.41) is 18.8. The minimum atomic E-state index is -3.58. The zero-order valence-corrected chi connectivity index (χ0v) is 20.3. The van der Waals surface area contributed by atoms with E-state index in [0.29, 0.717) is 28.2 Å². The largest absolute Gasteiger partial charge is 0.497 e. The van der Waals surface area contributed by atoms with Crippen LogP contribution in [0.2, 0.25) is 0 Å². The van der Waals surface area contributed by atoms with E-state index in [1.54, 1.807) is 30.3 Å². The first-order valence-corrected chi connectivity index (χ1v) is 12.4. The number of hydrogen-bond donors (Lipinski definition) is 1. The SMILES string of the molecule is COc1ccc(C(=O)Oc2ccc(C=C(C#N)C(=O)Nc3nnc(S(C)(=O)=O)s3)cc2OC)cc1. The number of esters is 1. The third-order valence-corrected chi connectivity index (χ3v) is 6.84. The van der Waals surface area contributed by atoms with E-state index in [1.165, 1.54) is 38.5 Å². The molecule has 0 unspecified atom stereocenters. The van der Waals surface area contributed by atoms with Crippen molar-refractivity contribution in [3.63, 3.8) is 0 Å². The Bertz CT molecular complexity index is 1440. The van der Waals surface area contributed by atoms with Crippen molar-refractivity contribution in [2.45, 2.75) is 4.34 Å². The maximum atomic E-state index is 12.5. The molecule has 35 heavy (non-hydrogen) atoms. The number of benzene rings is 2. The molecule has 0 aliphatic rings. The van der Waals surface area contributed by atoms with Crippen LogP contribution in [0.15, 0.2) is 52.4 Å². The van der Waals surface area contributed by atoms with Crippen LogP contribution in [0.1, 0.15) is 15.9 Å². The normalized spacial score (nSPS) is 11.3. The Morgan fingerprint density at radius 3 is 2.34 bits per heavy atom. The Balaban J connectivity index is 1.77. The highest BCUT2D eigenvalue weighted by Crippen LogP contribution is 2.30. The zero-order valence-electron chi connectivity index (χ0n) is 18.6. The van der Waals surface area contributed by atoms with Gasteiger partial charge in [-0.25, -0.2) is 13.2 Å². The van der Waals surface area contributed by atoms with E-state index in [-0.39, 0.29) is 26.5 Å². The van der Waals surface area contributed by atoms with Gasteiger partial charge in [-0.05, 0) is 48.0 Å². The van der Waals surface area contributed by atoms with Crippen molar-refractivity contribution in [3.8, 4) is 23.3 Å². The van der Waals surface area contributed by atoms with Crippen molar-refractivity contribution < 1.29 is 32.2 Å². The van der Waals surface area contributed by atoms with Crippen molar-refractivity contribution in [3.05, 3.63) is 59.2 Å². The lowest BCUT2D eigenvalue weighted by atomic mass is 10.1. The van der Waals surface area contributed by atoms with Gasteiger partial charge in [-0.2, -0.15) is 5.26 Å². The minimum absolute atomic E-state index is 0.0741. The van der Waals surface area contributed by atoms with Gasteiger partial charge in [0.15, 0.2) is 11.5 Å². The summed E-state index contributed by atoms with van der Waals surface area (Å²) >= 11 is 0.662. The van der Waals surface area contributed by atoms with Gasteiger partial charge < -0.3 is 14.2 Å². The highest BCUT2D eigenvalue weighted by atomic mass is 32.2. The van der Waals surface area contributed by atoms with Gasteiger partial charge in [-0.3, -0.25) is 10.1 Å². The Morgan fingerprint density at radius 1 is 1.06 bits per heavy atom. The van der Waals surface area contributed by atoms with Crippen molar-refractivity contribution in [1.82, 2.24) is 10.2 Å². The van der Waals surface area contributed by atoms with Crippen molar-refractivity contribution in [2.75, 3.05) is 25.8 Å². The van der Waals surface area contributed by atoms with E-state index < -0.39 is 21.7 Å². The van der Waals surface area contributed by atoms with E-state index >= 15 is 0 Å². The van der Waals surface area contributed by atoms with Gasteiger partial charge >= 0.3 is 5.97 Å². The fourth-order valence-electron chi connectivity index (χ4n) is 2.63. The molecule has 2 aromatic carbocycles. The molecule has 180 valence electrons. The standard InChI is InChI=1S/C22H18N4O7S2/c1-31-16-7-5-14(6-8-16)20(28)33-17-9-4-13(11-18(17)32-2)10-15(12-23)19(27)24-21-25-26-22(34-21)35(3,29)30/h4-11H,1-3H3,(H,24,25,27). The monoisotopic (exact) mass is 514 g/mol. The maximum Gasteiger partial charge on any atom is 0.343 e. The Morgan fingerprint density at radius 2 is 1.77 bits per heavy atom. The van der Waals surface area contributed by atoms with Crippen LogP contribution in [0.5, 0.6) is 17.2 Å². The van der Waals surface area contributed by atoms with Gasteiger partial charge in [0.05, 0.1) is 19.8 Å². The number of hydrogen-bond acceptors (Lipinski definition) is 11. The summed E-state index contributed by atoms with van der Waals surface area (Å²) in [6.45, 7) is 0. The second-order valence-electron chi connectivity index (χ2n) is 6.80. The van der Waals surface area contributed by atoms with Gasteiger partial charge in [-0.1, -0.05) is 17.4 Å². The molecule has 0 radical (unpaired) electrons. The molecule has 3 aromatic rings. The molecule has 13 heteroatoms. The van der Waals surface area contributed by atoms with Gasteiger partial charge in [0.2, 0.25) is 19.3 Å². The molecule has 1 N–H and O–H groups in total. The van der Waals surface area contributed by atoms with Crippen LogP contribution >= 0.6 is 11.3 Å². The molecule has 0 aliphatic heterocycles. The van der Waals surface area contributed by atoms with Crippen LogP contribution in [0.3, 0.4) is 0 Å². The lowest BCUT2D eigenvalue weighted by molar-refractivity contribution is -0.112. The summed E-state index contributed by atoms with van der Waals surface area (Å²) < 4.78 is 38.5. The minimum Gasteiger partial charge on any atom is -0.497 e. The molecule has 0 aliphatic carbocycles. The van der Waals surface area contributed by atoms with E-state index in [0.717, 1.165) is 6.26 Å². The maximum absolute atomic E-state index is 12.5. The van der Waals surface area contributed by atoms with Crippen LogP contribution < -0.4 is 19.5 Å². The molecule has 3 rings (SSSR count). The number of carbonyl (C=O) groups is 2. The number of ether oxygens (including phenoxy) is 3. The Hall–Kier alpha value is -4.28. The molecule has 1 heterocycles. The summed E-state index contributed by atoms with van der Waals surface area (Å²) in [5.41, 5.74) is 0.425. The highest BCUT2D eigenvalue weighted by Gasteiger charge is 2.18. The lowest BCUT2D eigenvalue weighted by Gasteiger charge is -2.10. The molecule has 1 aromatic heterocycles. The van der Waals surface area contributed by atoms with E-state index in [9.17, 15) is 23.3 Å². The number of amides is 1. The number of aromatic nitrogens is 2. The van der Waals surface area contributed by atoms with Crippen molar-refractivity contribution >= 4 is 44.3 Å². The predicted octanol–water partition coefficient (Wildman–Crippen LogP) is 2.72. The molecular formula is C22H18N4O7S2. The lowest BCUT2D eigenvalue weighted by Crippen LogP contribution is -2.13. The fourth-order valence-corrected chi connectivity index (χ4v) is 4.14. The average molecular weight is 515 g/mol. The molecule has 0 saturated carbocycles. The quantitative estimate of drug-likeness (QED) is 0.156. The first-order valence-electron chi connectivity index (χ1n) is 9.65. The summed E-state index contributed by atoms with van der Waals surface area (Å²) in [5.74, 6) is -0.500. The summed E-state index contributed by atoms with van der Waals surface area (Å²) in [6, 6.07) is 12.6. The average Bonchev–Trinajstić information content (AvgIpc) is 3.32. The highest BCUT2D eigenvalue weighted by molar-refractivity contribution is 7.92. The van der Waals surface area contributed by atoms with Crippen LogP contribution in [0.25, 0.3) is 6.08 Å². The predicted molar refractivity (Wildman–Crippen MR) is 126 cm³/mol. The number of rotatable bonds is 8. The number of nitriles is 1. The molecule has 0 fully saturated rings. The second-order valence-corrected chi connectivity index (χ2v) is 9.96. The molecule has 11 nitrogen and oxygen atoms in total. The van der Waals surface area contributed by atoms with Gasteiger partial charge in [0, 0.05) is 6.26 Å². The van der Waals surface area contributed by atoms with E-state index in [2.05, 4.69) is 15.5 Å². The summed E-state index contributed by atoms with van der Waals surface area (Å²) in [4.78, 5) is 24.9. The van der Waals surface area contributed by atoms with Gasteiger partial charge in [-0.15, -0.1) is 10.2 Å². The summed E-state index contributed by atoms with van der Waals surface area (Å²) in [7, 11) is -0.685. The second kappa shape index (κ2) is 10.8. The van der Waals surface area contributed by atoms with Crippen molar-refractivity contribution in [1.29, 1.82) is 5.26 Å². The van der Waals surface area contributed by atoms with E-state index in [1.807, 2.05) is 0 Å². The first-order chi connectivity index (χ1) is 16.6. The topological polar surface area (TPSA) is 158 Å². The molecule has 0 saturated heterocycles. The van der Waals surface area contributed by atoms with Crippen LogP contribution in [-0.2, 0) is 14.6 Å². The number of nitrogens with zero attached hydrogens (tertiary/aromatic N) is 3. The molecule has 0 bridgehead atoms. The van der Waals surface area contributed by atoms with Crippen molar-refractivity contribution in [2.24, 2.45) is 0 Å². The number of anilines is 1. The Kier molecular flexibility index (Phi) is 7.80. The number of carbonyl (C=O) groups excluding carboxylic acids is 2. The first kappa shape index (κ1) is 25.3. The zero-order chi connectivity index (χ0) is 25.6. The third-order valence-electron chi connectivity index (χ3n) is 4.34. The number of methoxy groups -OCH3 is 2. The van der Waals surface area contributed by atoms with E-state index in [4.69, 9.17) is 14.2 Å². The third kappa shape index (κ3) is 6.40. The molecule has 0 atom stereocenters. The number of sulfone groups is 1. The molecule has 1 amide bonds.